The number of hydrogen-bond acceptors (Lipinski definition) is 6. The lowest BCUT2D eigenvalue weighted by molar-refractivity contribution is -0.133. The van der Waals surface area contributed by atoms with Crippen LogP contribution in [-0.4, -0.2) is 60.1 Å². The molecule has 196 valence electrons. The quantitative estimate of drug-likeness (QED) is 0.213. The van der Waals surface area contributed by atoms with Crippen molar-refractivity contribution >= 4 is 38.5 Å². The number of amides is 1. The molecule has 1 aliphatic rings. The van der Waals surface area contributed by atoms with E-state index in [9.17, 15) is 14.0 Å². The van der Waals surface area contributed by atoms with Crippen molar-refractivity contribution in [3.8, 4) is 11.1 Å². The fourth-order valence-electron chi connectivity index (χ4n) is 5.05. The molecule has 3 aromatic heterocycles. The Balaban J connectivity index is 1.33. The van der Waals surface area contributed by atoms with Crippen molar-refractivity contribution in [2.24, 2.45) is 0 Å². The van der Waals surface area contributed by atoms with Crippen molar-refractivity contribution in [1.29, 1.82) is 0 Å². The van der Waals surface area contributed by atoms with Gasteiger partial charge in [0, 0.05) is 48.4 Å². The molecule has 38 heavy (non-hydrogen) atoms. The summed E-state index contributed by atoms with van der Waals surface area (Å²) in [4.78, 5) is 40.4. The van der Waals surface area contributed by atoms with Crippen LogP contribution in [0, 0.1) is 6.92 Å². The number of fused-ring (bicyclic) bond motifs is 1. The minimum Gasteiger partial charge on any atom is -0.335 e. The predicted molar refractivity (Wildman–Crippen MR) is 145 cm³/mol. The normalized spacial score (nSPS) is 17.3. The number of alkyl halides is 1. The van der Waals surface area contributed by atoms with E-state index in [0.717, 1.165) is 34.3 Å². The lowest BCUT2D eigenvalue weighted by Gasteiger charge is -2.24. The van der Waals surface area contributed by atoms with E-state index in [4.69, 9.17) is 0 Å². The zero-order chi connectivity index (χ0) is 26.8. The van der Waals surface area contributed by atoms with Gasteiger partial charge >= 0.3 is 0 Å². The van der Waals surface area contributed by atoms with Crippen LogP contribution < -0.4 is 0 Å². The first kappa shape index (κ1) is 26.1. The molecule has 0 bridgehead atoms. The molecule has 0 N–H and O–H groups in total. The van der Waals surface area contributed by atoms with Crippen LogP contribution in [-0.2, 0) is 17.8 Å². The first-order valence-corrected chi connectivity index (χ1v) is 13.4. The van der Waals surface area contributed by atoms with Crippen LogP contribution in [0.3, 0.4) is 0 Å². The molecule has 0 aliphatic carbocycles. The molecule has 0 radical (unpaired) electrons. The smallest absolute Gasteiger partial charge is 0.244 e. The number of benzene rings is 1. The number of hydrogen-bond donors (Lipinski definition) is 0. The Kier molecular flexibility index (Phi) is 7.60. The molecule has 1 fully saturated rings. The number of carbonyl (C=O) groups is 2. The van der Waals surface area contributed by atoms with E-state index in [1.54, 1.807) is 22.0 Å². The van der Waals surface area contributed by atoms with E-state index >= 15 is 0 Å². The number of Topliss-reactive ketones (excluding diaryl/α,β-unsaturated/α-hetero) is 1. The number of carbonyl (C=O) groups excluding carboxylic acids is 2. The molecule has 1 amide bonds. The number of ketones is 1. The van der Waals surface area contributed by atoms with Gasteiger partial charge in [-0.1, -0.05) is 12.1 Å². The van der Waals surface area contributed by atoms with Gasteiger partial charge in [0.25, 0.3) is 0 Å². The Bertz CT molecular complexity index is 1490. The fraction of sp³-hybridized carbons (Fsp3) is 0.357. The molecule has 1 aromatic carbocycles. The van der Waals surface area contributed by atoms with E-state index in [1.807, 2.05) is 43.3 Å². The van der Waals surface area contributed by atoms with Crippen LogP contribution in [0.1, 0.15) is 48.2 Å². The summed E-state index contributed by atoms with van der Waals surface area (Å²) in [6.07, 6.45) is 5.01. The highest BCUT2D eigenvalue weighted by molar-refractivity contribution is 9.10. The van der Waals surface area contributed by atoms with Crippen LogP contribution in [0.25, 0.3) is 22.0 Å². The molecule has 10 heteroatoms. The molecule has 0 saturated carbocycles. The number of nitrogens with zero attached hydrogens (tertiary/aromatic N) is 6. The minimum atomic E-state index is -1.05. The molecule has 4 aromatic rings. The highest BCUT2D eigenvalue weighted by atomic mass is 79.9. The number of pyridine rings is 1. The highest BCUT2D eigenvalue weighted by Gasteiger charge is 2.35. The zero-order valence-electron chi connectivity index (χ0n) is 21.3. The monoisotopic (exact) mass is 578 g/mol. The average Bonchev–Trinajstić information content (AvgIpc) is 3.44. The van der Waals surface area contributed by atoms with Crippen LogP contribution in [0.4, 0.5) is 4.39 Å². The van der Waals surface area contributed by atoms with Gasteiger partial charge in [0.1, 0.15) is 28.8 Å². The molecule has 5 rings (SSSR count). The number of likely N-dealkylation sites (tertiary alicyclic amines) is 1. The average molecular weight is 579 g/mol. The third-order valence-corrected chi connectivity index (χ3v) is 7.35. The summed E-state index contributed by atoms with van der Waals surface area (Å²) in [5, 5.41) is 5.14. The summed E-state index contributed by atoms with van der Waals surface area (Å²) in [6, 6.07) is 11.2. The van der Waals surface area contributed by atoms with Crippen LogP contribution in [0.5, 0.6) is 0 Å². The molecular weight excluding hydrogens is 551 g/mol. The molecule has 0 unspecified atom stereocenters. The van der Waals surface area contributed by atoms with Crippen molar-refractivity contribution in [2.45, 2.75) is 58.3 Å². The van der Waals surface area contributed by atoms with Crippen LogP contribution >= 0.6 is 15.9 Å². The number of aromatic nitrogens is 5. The van der Waals surface area contributed by atoms with Crippen molar-refractivity contribution in [1.82, 2.24) is 29.6 Å². The van der Waals surface area contributed by atoms with Gasteiger partial charge in [-0.3, -0.25) is 14.3 Å². The summed E-state index contributed by atoms with van der Waals surface area (Å²) >= 11 is 3.39. The Morgan fingerprint density at radius 2 is 1.92 bits per heavy atom. The summed E-state index contributed by atoms with van der Waals surface area (Å²) < 4.78 is 16.8. The van der Waals surface area contributed by atoms with E-state index in [-0.39, 0.29) is 30.8 Å². The molecule has 1 aliphatic heterocycles. The maximum absolute atomic E-state index is 14.4. The molecule has 2 atom stereocenters. The van der Waals surface area contributed by atoms with Gasteiger partial charge < -0.3 is 4.90 Å². The third-order valence-electron chi connectivity index (χ3n) is 6.91. The number of rotatable bonds is 8. The van der Waals surface area contributed by atoms with E-state index in [1.165, 1.54) is 6.92 Å². The Hall–Kier alpha value is -3.53. The maximum Gasteiger partial charge on any atom is 0.244 e. The summed E-state index contributed by atoms with van der Waals surface area (Å²) in [5.74, 6) is 0.278. The molecular formula is C28H28BrFN6O2. The van der Waals surface area contributed by atoms with Gasteiger partial charge in [-0.05, 0) is 71.9 Å². The van der Waals surface area contributed by atoms with E-state index in [0.29, 0.717) is 35.3 Å². The van der Waals surface area contributed by atoms with Gasteiger partial charge in [0.05, 0.1) is 12.1 Å². The second kappa shape index (κ2) is 11.1. The molecule has 1 saturated heterocycles. The number of aryl methyl sites for hydroxylation is 2. The zero-order valence-corrected chi connectivity index (χ0v) is 22.9. The van der Waals surface area contributed by atoms with Crippen molar-refractivity contribution in [3.05, 3.63) is 70.6 Å². The first-order chi connectivity index (χ1) is 18.3. The lowest BCUT2D eigenvalue weighted by atomic mass is 10.0. The van der Waals surface area contributed by atoms with Crippen LogP contribution in [0.15, 0.2) is 53.4 Å². The van der Waals surface area contributed by atoms with E-state index < -0.39 is 6.17 Å². The largest absolute Gasteiger partial charge is 0.335 e. The fourth-order valence-corrected chi connectivity index (χ4v) is 5.43. The van der Waals surface area contributed by atoms with Crippen LogP contribution in [0.2, 0.25) is 0 Å². The second-order valence-electron chi connectivity index (χ2n) is 9.69. The predicted octanol–water partition coefficient (Wildman–Crippen LogP) is 5.12. The summed E-state index contributed by atoms with van der Waals surface area (Å²) in [6.45, 7) is 3.29. The highest BCUT2D eigenvalue weighted by Crippen LogP contribution is 2.28. The van der Waals surface area contributed by atoms with Gasteiger partial charge in [-0.15, -0.1) is 0 Å². The summed E-state index contributed by atoms with van der Waals surface area (Å²) in [7, 11) is 0. The topological polar surface area (TPSA) is 93.9 Å². The van der Waals surface area contributed by atoms with Gasteiger partial charge in [0.2, 0.25) is 5.91 Å². The maximum atomic E-state index is 14.4. The lowest BCUT2D eigenvalue weighted by Crippen LogP contribution is -2.38. The van der Waals surface area contributed by atoms with Gasteiger partial charge in [-0.2, -0.15) is 5.10 Å². The van der Waals surface area contributed by atoms with E-state index in [2.05, 4.69) is 36.0 Å². The minimum absolute atomic E-state index is 0.0623. The van der Waals surface area contributed by atoms with Crippen molar-refractivity contribution in [3.63, 3.8) is 0 Å². The Morgan fingerprint density at radius 3 is 2.66 bits per heavy atom. The third kappa shape index (κ3) is 5.65. The Labute approximate surface area is 228 Å². The first-order valence-electron chi connectivity index (χ1n) is 12.6. The SMILES string of the molecule is CC(=O)c1nn(CC(=O)N2C[C@H](F)C[C@H]2CCCc2cccc(Br)n2)c2ccc(-c3cnc(C)nc3)cc12. The molecule has 0 spiro atoms. The standard InChI is InChI=1S/C28H28BrFN6O2/c1-17(37)28-24-11-19(20-13-31-18(2)32-14-20)9-10-25(24)36(34-28)16-27(38)35-15-21(30)12-23(35)7-3-5-22-6-4-8-26(29)33-22/h4,6,8-11,13-14,21,23H,3,5,7,12,15-16H2,1-2H3/t21-,23-/m1/s1. The second-order valence-corrected chi connectivity index (χ2v) is 10.5. The summed E-state index contributed by atoms with van der Waals surface area (Å²) in [5.41, 5.74) is 3.61. The van der Waals surface area contributed by atoms with Crippen molar-refractivity contribution < 1.29 is 14.0 Å². The van der Waals surface area contributed by atoms with Gasteiger partial charge in [-0.25, -0.2) is 19.3 Å². The molecule has 8 nitrogen and oxygen atoms in total. The van der Waals surface area contributed by atoms with Gasteiger partial charge in [0.15, 0.2) is 5.78 Å². The molecule has 4 heterocycles. The van der Waals surface area contributed by atoms with Crippen molar-refractivity contribution in [2.75, 3.05) is 6.54 Å². The number of halogens is 2. The Morgan fingerprint density at radius 1 is 1.13 bits per heavy atom.